The van der Waals surface area contributed by atoms with E-state index in [0.29, 0.717) is 34.4 Å². The van der Waals surface area contributed by atoms with Crippen LogP contribution in [0.3, 0.4) is 0 Å². The zero-order chi connectivity index (χ0) is 15.4. The summed E-state index contributed by atoms with van der Waals surface area (Å²) in [4.78, 5) is 11.7. The molecule has 0 spiro atoms. The Hall–Kier alpha value is -2.22. The van der Waals surface area contributed by atoms with Crippen LogP contribution in [-0.2, 0) is 6.54 Å². The third-order valence-corrected chi connectivity index (χ3v) is 3.82. The van der Waals surface area contributed by atoms with E-state index in [4.69, 9.17) is 16.2 Å². The van der Waals surface area contributed by atoms with Crippen molar-refractivity contribution in [3.63, 3.8) is 0 Å². The number of carbonyl (C=O) groups is 1. The van der Waals surface area contributed by atoms with Crippen LogP contribution in [0.5, 0.6) is 5.75 Å². The fraction of sp³-hybridized carbons (Fsp3) is 0.385. The second-order valence-corrected chi connectivity index (χ2v) is 5.75. The van der Waals surface area contributed by atoms with Crippen LogP contribution in [0, 0.1) is 0 Å². The molecule has 0 fully saturated rings. The number of aromatic nitrogens is 2. The molecule has 0 aliphatic heterocycles. The third kappa shape index (κ3) is 3.66. The lowest BCUT2D eigenvalue weighted by atomic mass is 10.3. The zero-order valence-corrected chi connectivity index (χ0v) is 12.8. The fourth-order valence-electron chi connectivity index (χ4n) is 1.80. The molecule has 0 aliphatic carbocycles. The van der Waals surface area contributed by atoms with E-state index in [1.165, 1.54) is 11.3 Å². The van der Waals surface area contributed by atoms with Gasteiger partial charge in [0.25, 0.3) is 5.91 Å². The van der Waals surface area contributed by atoms with Crippen LogP contribution >= 0.6 is 11.3 Å². The molecule has 0 saturated heterocycles. The average Bonchev–Trinajstić information content (AvgIpc) is 3.01. The van der Waals surface area contributed by atoms with Crippen LogP contribution in [0.1, 0.15) is 23.5 Å². The lowest BCUT2D eigenvalue weighted by Gasteiger charge is -2.12. The minimum atomic E-state index is -0.550. The third-order valence-electron chi connectivity index (χ3n) is 2.66. The van der Waals surface area contributed by atoms with Crippen molar-refractivity contribution in [3.05, 3.63) is 23.3 Å². The number of nitrogens with one attached hydrogen (secondary N) is 1. The Morgan fingerprint density at radius 2 is 2.33 bits per heavy atom. The monoisotopic (exact) mass is 309 g/mol. The van der Waals surface area contributed by atoms with Crippen molar-refractivity contribution >= 4 is 27.9 Å². The standard InChI is InChI=1S/C13H19N5O2S/c1-8(2)20-10-9(14)11(12(15)19)21-13(10)16-5-7-18-6-3-4-17-18/h3-4,6,8,16H,5,7,14H2,1-2H3,(H2,15,19). The topological polar surface area (TPSA) is 108 Å². The Labute approximate surface area is 126 Å². The molecule has 0 radical (unpaired) electrons. The number of rotatable bonds is 7. The van der Waals surface area contributed by atoms with Gasteiger partial charge in [0.15, 0.2) is 5.75 Å². The van der Waals surface area contributed by atoms with Gasteiger partial charge in [0.1, 0.15) is 15.6 Å². The van der Waals surface area contributed by atoms with Gasteiger partial charge in [0.05, 0.1) is 12.6 Å². The average molecular weight is 309 g/mol. The quantitative estimate of drug-likeness (QED) is 0.718. The van der Waals surface area contributed by atoms with E-state index in [-0.39, 0.29) is 6.10 Å². The second-order valence-electron chi connectivity index (χ2n) is 4.73. The summed E-state index contributed by atoms with van der Waals surface area (Å²) < 4.78 is 7.49. The first-order valence-corrected chi connectivity index (χ1v) is 7.40. The largest absolute Gasteiger partial charge is 0.486 e. The summed E-state index contributed by atoms with van der Waals surface area (Å²) in [6, 6.07) is 1.86. The van der Waals surface area contributed by atoms with Gasteiger partial charge < -0.3 is 21.5 Å². The van der Waals surface area contributed by atoms with Gasteiger partial charge in [-0.15, -0.1) is 11.3 Å². The van der Waals surface area contributed by atoms with Gasteiger partial charge in [-0.25, -0.2) is 0 Å². The van der Waals surface area contributed by atoms with Gasteiger partial charge >= 0.3 is 0 Å². The van der Waals surface area contributed by atoms with Gasteiger partial charge in [-0.3, -0.25) is 9.48 Å². The molecule has 21 heavy (non-hydrogen) atoms. The highest BCUT2D eigenvalue weighted by molar-refractivity contribution is 7.19. The number of carbonyl (C=O) groups excluding carboxylic acids is 1. The number of nitrogens with two attached hydrogens (primary N) is 2. The molecule has 0 aromatic carbocycles. The molecule has 0 atom stereocenters. The van der Waals surface area contributed by atoms with E-state index in [0.717, 1.165) is 0 Å². The molecule has 0 aliphatic rings. The van der Waals surface area contributed by atoms with E-state index in [1.807, 2.05) is 30.8 Å². The lowest BCUT2D eigenvalue weighted by Crippen LogP contribution is -2.13. The Bertz CT molecular complexity index is 606. The molecule has 2 heterocycles. The summed E-state index contributed by atoms with van der Waals surface area (Å²) in [5.41, 5.74) is 11.6. The number of hydrogen-bond donors (Lipinski definition) is 3. The molecule has 1 amide bonds. The zero-order valence-electron chi connectivity index (χ0n) is 12.0. The van der Waals surface area contributed by atoms with Gasteiger partial charge in [0.2, 0.25) is 0 Å². The van der Waals surface area contributed by atoms with Crippen LogP contribution in [0.15, 0.2) is 18.5 Å². The summed E-state index contributed by atoms with van der Waals surface area (Å²) in [6.07, 6.45) is 3.56. The van der Waals surface area contributed by atoms with Crippen LogP contribution in [0.2, 0.25) is 0 Å². The molecular weight excluding hydrogens is 290 g/mol. The Morgan fingerprint density at radius 1 is 1.57 bits per heavy atom. The first-order chi connectivity index (χ1) is 9.99. The number of primary amides is 1. The van der Waals surface area contributed by atoms with Crippen molar-refractivity contribution < 1.29 is 9.53 Å². The first kappa shape index (κ1) is 15.2. The number of amides is 1. The lowest BCUT2D eigenvalue weighted by molar-refractivity contribution is 0.100. The van der Waals surface area contributed by atoms with E-state index in [1.54, 1.807) is 6.20 Å². The summed E-state index contributed by atoms with van der Waals surface area (Å²) in [5.74, 6) is -0.0597. The SMILES string of the molecule is CC(C)Oc1c(NCCn2cccn2)sc(C(N)=O)c1N. The Kier molecular flexibility index (Phi) is 4.69. The van der Waals surface area contributed by atoms with Crippen LogP contribution < -0.4 is 21.5 Å². The van der Waals surface area contributed by atoms with Crippen molar-refractivity contribution in [2.24, 2.45) is 5.73 Å². The van der Waals surface area contributed by atoms with Gasteiger partial charge in [-0.1, -0.05) is 0 Å². The van der Waals surface area contributed by atoms with Crippen molar-refractivity contribution in [2.45, 2.75) is 26.5 Å². The maximum atomic E-state index is 11.4. The van der Waals surface area contributed by atoms with Crippen LogP contribution in [0.25, 0.3) is 0 Å². The molecule has 114 valence electrons. The maximum absolute atomic E-state index is 11.4. The smallest absolute Gasteiger partial charge is 0.261 e. The molecular formula is C13H19N5O2S. The van der Waals surface area contributed by atoms with E-state index in [2.05, 4.69) is 10.4 Å². The maximum Gasteiger partial charge on any atom is 0.261 e. The molecule has 8 heteroatoms. The predicted octanol–water partition coefficient (Wildman–Crippen LogP) is 1.52. The van der Waals surface area contributed by atoms with Crippen LogP contribution in [0.4, 0.5) is 10.7 Å². The van der Waals surface area contributed by atoms with Crippen molar-refractivity contribution in [2.75, 3.05) is 17.6 Å². The van der Waals surface area contributed by atoms with Crippen molar-refractivity contribution in [3.8, 4) is 5.75 Å². The molecule has 2 aromatic heterocycles. The van der Waals surface area contributed by atoms with Crippen molar-refractivity contribution in [1.82, 2.24) is 9.78 Å². The summed E-state index contributed by atoms with van der Waals surface area (Å²) in [7, 11) is 0. The van der Waals surface area contributed by atoms with Gasteiger partial charge in [-0.2, -0.15) is 5.10 Å². The number of thiophene rings is 1. The summed E-state index contributed by atoms with van der Waals surface area (Å²) >= 11 is 1.21. The molecule has 0 saturated carbocycles. The molecule has 0 unspecified atom stereocenters. The van der Waals surface area contributed by atoms with Crippen molar-refractivity contribution in [1.29, 1.82) is 0 Å². The van der Waals surface area contributed by atoms with E-state index in [9.17, 15) is 4.79 Å². The minimum Gasteiger partial charge on any atom is -0.486 e. The molecule has 5 N–H and O–H groups in total. The van der Waals surface area contributed by atoms with Crippen LogP contribution in [-0.4, -0.2) is 28.3 Å². The predicted molar refractivity (Wildman–Crippen MR) is 83.7 cm³/mol. The Balaban J connectivity index is 2.12. The van der Waals surface area contributed by atoms with E-state index >= 15 is 0 Å². The first-order valence-electron chi connectivity index (χ1n) is 6.59. The number of nitrogens with zero attached hydrogens (tertiary/aromatic N) is 2. The highest BCUT2D eigenvalue weighted by Gasteiger charge is 2.21. The summed E-state index contributed by atoms with van der Waals surface area (Å²) in [5, 5.41) is 8.05. The molecule has 2 aromatic rings. The number of hydrogen-bond acceptors (Lipinski definition) is 6. The normalized spacial score (nSPS) is 10.8. The number of nitrogen functional groups attached to an aromatic ring is 1. The van der Waals surface area contributed by atoms with Gasteiger partial charge in [-0.05, 0) is 19.9 Å². The number of anilines is 2. The number of ether oxygens (including phenoxy) is 1. The molecule has 0 bridgehead atoms. The summed E-state index contributed by atoms with van der Waals surface area (Å²) in [6.45, 7) is 5.12. The molecule has 7 nitrogen and oxygen atoms in total. The van der Waals surface area contributed by atoms with Gasteiger partial charge in [0, 0.05) is 18.9 Å². The molecule has 2 rings (SSSR count). The highest BCUT2D eigenvalue weighted by Crippen LogP contribution is 2.42. The Morgan fingerprint density at radius 3 is 2.90 bits per heavy atom. The minimum absolute atomic E-state index is 0.0470. The highest BCUT2D eigenvalue weighted by atomic mass is 32.1. The second kappa shape index (κ2) is 6.49. The van der Waals surface area contributed by atoms with E-state index < -0.39 is 5.91 Å². The fourth-order valence-corrected chi connectivity index (χ4v) is 2.73.